The molecule has 0 aromatic heterocycles. The van der Waals surface area contributed by atoms with Crippen molar-refractivity contribution in [2.24, 2.45) is 0 Å². The van der Waals surface area contributed by atoms with Crippen LogP contribution < -0.4 is 0 Å². The van der Waals surface area contributed by atoms with Crippen molar-refractivity contribution < 1.29 is 13.2 Å². The molecule has 0 saturated carbocycles. The quantitative estimate of drug-likeness (QED) is 0.504. The van der Waals surface area contributed by atoms with Crippen LogP contribution in [0.5, 0.6) is 0 Å². The molecule has 0 aliphatic heterocycles. The van der Waals surface area contributed by atoms with Gasteiger partial charge in [-0.15, -0.1) is 0 Å². The Hall–Kier alpha value is -0.580. The summed E-state index contributed by atoms with van der Waals surface area (Å²) in [5.41, 5.74) is 0. The average molecular weight is 179 g/mol. The summed E-state index contributed by atoms with van der Waals surface area (Å²) in [4.78, 5) is 0. The van der Waals surface area contributed by atoms with Crippen molar-refractivity contribution in [2.45, 2.75) is 19.1 Å². The van der Waals surface area contributed by atoms with Gasteiger partial charge in [0.05, 0.1) is 6.61 Å². The van der Waals surface area contributed by atoms with Gasteiger partial charge in [0.25, 0.3) is 0 Å². The standard InChI is InChI=1S/C6H13NO3S/c1-4-10-6(7)5(2)11(3,8)9/h5,7H,4H2,1-3H3. The van der Waals surface area contributed by atoms with Gasteiger partial charge < -0.3 is 4.74 Å². The first-order valence-corrected chi connectivity index (χ1v) is 5.25. The maximum atomic E-state index is 10.8. The lowest BCUT2D eigenvalue weighted by Gasteiger charge is -2.10. The Kier molecular flexibility index (Phi) is 3.51. The zero-order valence-electron chi connectivity index (χ0n) is 6.92. The number of nitrogens with one attached hydrogen (secondary N) is 1. The number of ether oxygens (including phenoxy) is 1. The van der Waals surface area contributed by atoms with Gasteiger partial charge in [-0.2, -0.15) is 0 Å². The van der Waals surface area contributed by atoms with Crippen molar-refractivity contribution in [3.05, 3.63) is 0 Å². The molecule has 66 valence electrons. The Balaban J connectivity index is 4.27. The summed E-state index contributed by atoms with van der Waals surface area (Å²) >= 11 is 0. The molecule has 0 aliphatic carbocycles. The molecule has 4 nitrogen and oxygen atoms in total. The lowest BCUT2D eigenvalue weighted by Crippen LogP contribution is -2.27. The maximum absolute atomic E-state index is 10.8. The summed E-state index contributed by atoms with van der Waals surface area (Å²) in [6, 6.07) is 0. The second-order valence-corrected chi connectivity index (χ2v) is 4.64. The number of hydrogen-bond acceptors (Lipinski definition) is 4. The molecule has 0 spiro atoms. The van der Waals surface area contributed by atoms with E-state index >= 15 is 0 Å². The third-order valence-electron chi connectivity index (χ3n) is 1.31. The van der Waals surface area contributed by atoms with Crippen LogP contribution >= 0.6 is 0 Å². The minimum Gasteiger partial charge on any atom is -0.481 e. The van der Waals surface area contributed by atoms with Crippen molar-refractivity contribution >= 4 is 15.7 Å². The minimum absolute atomic E-state index is 0.185. The summed E-state index contributed by atoms with van der Waals surface area (Å²) in [5, 5.41) is 6.32. The topological polar surface area (TPSA) is 67.2 Å². The van der Waals surface area contributed by atoms with Gasteiger partial charge in [0, 0.05) is 6.26 Å². The van der Waals surface area contributed by atoms with Crippen LogP contribution in [0.2, 0.25) is 0 Å². The SMILES string of the molecule is CCOC(=N)C(C)S(C)(=O)=O. The minimum atomic E-state index is -3.17. The maximum Gasteiger partial charge on any atom is 0.198 e. The highest BCUT2D eigenvalue weighted by molar-refractivity contribution is 7.92. The normalized spacial score (nSPS) is 14.1. The predicted molar refractivity (Wildman–Crippen MR) is 43.7 cm³/mol. The van der Waals surface area contributed by atoms with E-state index < -0.39 is 15.1 Å². The van der Waals surface area contributed by atoms with Crippen molar-refractivity contribution in [1.82, 2.24) is 0 Å². The molecule has 1 N–H and O–H groups in total. The Labute approximate surface area is 67.0 Å². The number of sulfone groups is 1. The molecule has 5 heteroatoms. The first-order chi connectivity index (χ1) is 4.89. The molecule has 0 rings (SSSR count). The van der Waals surface area contributed by atoms with Crippen LogP contribution in [0, 0.1) is 5.41 Å². The summed E-state index contributed by atoms with van der Waals surface area (Å²) in [7, 11) is -3.17. The summed E-state index contributed by atoms with van der Waals surface area (Å²) < 4.78 is 26.4. The molecule has 0 fully saturated rings. The molecule has 0 radical (unpaired) electrons. The smallest absolute Gasteiger partial charge is 0.198 e. The predicted octanol–water partition coefficient (Wildman–Crippen LogP) is 0.433. The fraction of sp³-hybridized carbons (Fsp3) is 0.833. The largest absolute Gasteiger partial charge is 0.481 e. The van der Waals surface area contributed by atoms with E-state index in [2.05, 4.69) is 0 Å². The van der Waals surface area contributed by atoms with Crippen LogP contribution in [0.25, 0.3) is 0 Å². The highest BCUT2D eigenvalue weighted by atomic mass is 32.2. The van der Waals surface area contributed by atoms with E-state index in [-0.39, 0.29) is 5.90 Å². The third kappa shape index (κ3) is 3.36. The van der Waals surface area contributed by atoms with Gasteiger partial charge in [0.2, 0.25) is 0 Å². The van der Waals surface area contributed by atoms with E-state index in [0.717, 1.165) is 6.26 Å². The van der Waals surface area contributed by atoms with Crippen molar-refractivity contribution in [2.75, 3.05) is 12.9 Å². The lowest BCUT2D eigenvalue weighted by atomic mass is 10.5. The van der Waals surface area contributed by atoms with E-state index in [9.17, 15) is 8.42 Å². The highest BCUT2D eigenvalue weighted by Gasteiger charge is 2.20. The van der Waals surface area contributed by atoms with E-state index in [1.54, 1.807) is 6.92 Å². The third-order valence-corrected chi connectivity index (χ3v) is 2.81. The average Bonchev–Trinajstić information content (AvgIpc) is 1.85. The van der Waals surface area contributed by atoms with Crippen molar-refractivity contribution in [1.29, 1.82) is 5.41 Å². The molecule has 0 saturated heterocycles. The second-order valence-electron chi connectivity index (χ2n) is 2.27. The van der Waals surface area contributed by atoms with Crippen LogP contribution in [0.3, 0.4) is 0 Å². The van der Waals surface area contributed by atoms with E-state index in [1.807, 2.05) is 0 Å². The van der Waals surface area contributed by atoms with E-state index in [4.69, 9.17) is 10.1 Å². The van der Waals surface area contributed by atoms with Crippen LogP contribution in [-0.2, 0) is 14.6 Å². The van der Waals surface area contributed by atoms with Gasteiger partial charge in [0.1, 0.15) is 5.25 Å². The second kappa shape index (κ2) is 3.71. The number of rotatable bonds is 3. The van der Waals surface area contributed by atoms with Crippen LogP contribution in [-0.4, -0.2) is 32.4 Å². The fourth-order valence-electron chi connectivity index (χ4n) is 0.467. The zero-order valence-corrected chi connectivity index (χ0v) is 7.73. The molecular formula is C6H13NO3S. The Morgan fingerprint density at radius 2 is 2.09 bits per heavy atom. The molecule has 0 aromatic rings. The fourth-order valence-corrected chi connectivity index (χ4v) is 0.924. The van der Waals surface area contributed by atoms with Crippen molar-refractivity contribution in [3.8, 4) is 0 Å². The first kappa shape index (κ1) is 10.4. The van der Waals surface area contributed by atoms with Crippen LogP contribution in [0.1, 0.15) is 13.8 Å². The molecule has 0 aliphatic rings. The molecule has 11 heavy (non-hydrogen) atoms. The molecule has 0 amide bonds. The van der Waals surface area contributed by atoms with Gasteiger partial charge in [-0.1, -0.05) is 0 Å². The van der Waals surface area contributed by atoms with Crippen LogP contribution in [0.15, 0.2) is 0 Å². The Bertz CT molecular complexity index is 232. The van der Waals surface area contributed by atoms with E-state index in [0.29, 0.717) is 6.61 Å². The first-order valence-electron chi connectivity index (χ1n) is 3.29. The molecule has 1 unspecified atom stereocenters. The van der Waals surface area contributed by atoms with Gasteiger partial charge >= 0.3 is 0 Å². The molecular weight excluding hydrogens is 166 g/mol. The van der Waals surface area contributed by atoms with Crippen molar-refractivity contribution in [3.63, 3.8) is 0 Å². The molecule has 0 bridgehead atoms. The Morgan fingerprint density at radius 1 is 1.64 bits per heavy atom. The molecule has 0 heterocycles. The lowest BCUT2D eigenvalue weighted by molar-refractivity contribution is 0.316. The zero-order chi connectivity index (χ0) is 9.07. The molecule has 0 aromatic carbocycles. The summed E-state index contributed by atoms with van der Waals surface area (Å²) in [5.74, 6) is -0.185. The highest BCUT2D eigenvalue weighted by Crippen LogP contribution is 2.00. The summed E-state index contributed by atoms with van der Waals surface area (Å²) in [6.07, 6.45) is 1.09. The van der Waals surface area contributed by atoms with Crippen LogP contribution in [0.4, 0.5) is 0 Å². The Morgan fingerprint density at radius 3 is 2.36 bits per heavy atom. The van der Waals surface area contributed by atoms with Gasteiger partial charge in [-0.05, 0) is 13.8 Å². The van der Waals surface area contributed by atoms with Gasteiger partial charge in [-0.3, -0.25) is 5.41 Å². The van der Waals surface area contributed by atoms with Gasteiger partial charge in [-0.25, -0.2) is 8.42 Å². The number of hydrogen-bond donors (Lipinski definition) is 1. The monoisotopic (exact) mass is 179 g/mol. The van der Waals surface area contributed by atoms with Gasteiger partial charge in [0.15, 0.2) is 15.7 Å². The molecule has 1 atom stereocenters. The summed E-state index contributed by atoms with van der Waals surface area (Å²) in [6.45, 7) is 3.48. The van der Waals surface area contributed by atoms with E-state index in [1.165, 1.54) is 6.92 Å².